The van der Waals surface area contributed by atoms with Crippen molar-refractivity contribution in [3.05, 3.63) is 12.7 Å². The van der Waals surface area contributed by atoms with Gasteiger partial charge in [0.1, 0.15) is 0 Å². The molecule has 0 aromatic heterocycles. The molecule has 0 saturated heterocycles. The molecule has 0 saturated carbocycles. The molecule has 0 N–H and O–H groups in total. The molecule has 84 valence electrons. The molecule has 0 spiro atoms. The molecular formula is C12H26OSi. The monoisotopic (exact) mass is 214 g/mol. The molecule has 0 aliphatic heterocycles. The molecule has 0 heterocycles. The van der Waals surface area contributed by atoms with Crippen LogP contribution < -0.4 is 0 Å². The third-order valence-electron chi connectivity index (χ3n) is 3.17. The van der Waals surface area contributed by atoms with Crippen LogP contribution in [0.25, 0.3) is 0 Å². The van der Waals surface area contributed by atoms with Crippen molar-refractivity contribution in [2.75, 3.05) is 0 Å². The Labute approximate surface area is 90.7 Å². The summed E-state index contributed by atoms with van der Waals surface area (Å²) < 4.78 is 6.30. The van der Waals surface area contributed by atoms with Crippen LogP contribution in [0.5, 0.6) is 0 Å². The molecule has 0 aromatic carbocycles. The Morgan fingerprint density at radius 1 is 1.14 bits per heavy atom. The lowest BCUT2D eigenvalue weighted by Crippen LogP contribution is -2.39. The Hall–Kier alpha value is -0.0831. The molecule has 1 unspecified atom stereocenters. The van der Waals surface area contributed by atoms with Crippen molar-refractivity contribution < 1.29 is 4.43 Å². The molecule has 1 atom stereocenters. The van der Waals surface area contributed by atoms with E-state index in [2.05, 4.69) is 34.3 Å². The normalized spacial score (nSPS) is 14.0. The van der Waals surface area contributed by atoms with E-state index in [-0.39, 0.29) is 0 Å². The van der Waals surface area contributed by atoms with Crippen LogP contribution in [0.1, 0.15) is 40.5 Å². The summed E-state index contributed by atoms with van der Waals surface area (Å²) in [7, 11) is -1.41. The predicted octanol–water partition coefficient (Wildman–Crippen LogP) is 4.36. The summed E-state index contributed by atoms with van der Waals surface area (Å²) in [5, 5.41) is 0. The first-order chi connectivity index (χ1) is 6.67. The fourth-order valence-corrected chi connectivity index (χ4v) is 4.69. The SMILES string of the molecule is C=CC(CCC)O[Si](CC)(CC)CC. The third kappa shape index (κ3) is 3.97. The van der Waals surface area contributed by atoms with E-state index in [0.29, 0.717) is 6.10 Å². The number of rotatable bonds is 8. The topological polar surface area (TPSA) is 9.23 Å². The van der Waals surface area contributed by atoms with Gasteiger partial charge in [-0.05, 0) is 24.6 Å². The third-order valence-corrected chi connectivity index (χ3v) is 7.84. The molecule has 0 amide bonds. The molecule has 0 rings (SSSR count). The molecule has 2 heteroatoms. The van der Waals surface area contributed by atoms with Gasteiger partial charge < -0.3 is 4.43 Å². The first-order valence-electron chi connectivity index (χ1n) is 5.98. The van der Waals surface area contributed by atoms with Gasteiger partial charge in [-0.15, -0.1) is 6.58 Å². The fourth-order valence-electron chi connectivity index (χ4n) is 1.83. The average molecular weight is 214 g/mol. The molecule has 0 aromatic rings. The first kappa shape index (κ1) is 13.9. The summed E-state index contributed by atoms with van der Waals surface area (Å²) in [6.45, 7) is 12.9. The van der Waals surface area contributed by atoms with E-state index in [1.54, 1.807) is 0 Å². The summed E-state index contributed by atoms with van der Waals surface area (Å²) in [4.78, 5) is 0. The highest BCUT2D eigenvalue weighted by molar-refractivity contribution is 6.73. The van der Waals surface area contributed by atoms with Crippen LogP contribution in [0.3, 0.4) is 0 Å². The van der Waals surface area contributed by atoms with E-state index in [9.17, 15) is 0 Å². The van der Waals surface area contributed by atoms with Gasteiger partial charge in [0, 0.05) is 0 Å². The van der Waals surface area contributed by atoms with Crippen molar-refractivity contribution in [1.82, 2.24) is 0 Å². The van der Waals surface area contributed by atoms with Crippen molar-refractivity contribution in [3.8, 4) is 0 Å². The van der Waals surface area contributed by atoms with E-state index in [1.165, 1.54) is 24.6 Å². The molecule has 0 aliphatic rings. The van der Waals surface area contributed by atoms with Gasteiger partial charge in [0.05, 0.1) is 6.10 Å². The Balaban J connectivity index is 4.31. The summed E-state index contributed by atoms with van der Waals surface area (Å²) in [5.74, 6) is 0. The second-order valence-electron chi connectivity index (χ2n) is 3.92. The van der Waals surface area contributed by atoms with Crippen LogP contribution in [-0.2, 0) is 4.43 Å². The minimum absolute atomic E-state index is 0.298. The molecule has 0 fully saturated rings. The Kier molecular flexibility index (Phi) is 7.20. The van der Waals surface area contributed by atoms with Crippen LogP contribution in [-0.4, -0.2) is 14.4 Å². The standard InChI is InChI=1S/C12H26OSi/c1-6-11-12(7-2)13-14(8-3,9-4)10-5/h7,12H,2,6,8-11H2,1,3-5H3. The van der Waals surface area contributed by atoms with Gasteiger partial charge in [-0.2, -0.15) is 0 Å². The Morgan fingerprint density at radius 2 is 1.64 bits per heavy atom. The zero-order valence-electron chi connectivity index (χ0n) is 10.3. The van der Waals surface area contributed by atoms with Gasteiger partial charge in [-0.3, -0.25) is 0 Å². The van der Waals surface area contributed by atoms with Crippen molar-refractivity contribution in [2.45, 2.75) is 64.8 Å². The lowest BCUT2D eigenvalue weighted by molar-refractivity contribution is 0.221. The average Bonchev–Trinajstić information content (AvgIpc) is 2.25. The van der Waals surface area contributed by atoms with Crippen molar-refractivity contribution in [3.63, 3.8) is 0 Å². The highest BCUT2D eigenvalue weighted by Gasteiger charge is 2.30. The van der Waals surface area contributed by atoms with Gasteiger partial charge in [0.25, 0.3) is 0 Å². The minimum atomic E-state index is -1.41. The lowest BCUT2D eigenvalue weighted by atomic mass is 10.2. The molecule has 1 nitrogen and oxygen atoms in total. The maximum absolute atomic E-state index is 6.30. The van der Waals surface area contributed by atoms with Gasteiger partial charge in [-0.25, -0.2) is 0 Å². The summed E-state index contributed by atoms with van der Waals surface area (Å²) in [6, 6.07) is 3.69. The molecule has 0 bridgehead atoms. The Morgan fingerprint density at radius 3 is 1.93 bits per heavy atom. The smallest absolute Gasteiger partial charge is 0.192 e. The summed E-state index contributed by atoms with van der Waals surface area (Å²) in [5.41, 5.74) is 0. The van der Waals surface area contributed by atoms with E-state index in [1.807, 2.05) is 6.08 Å². The van der Waals surface area contributed by atoms with Gasteiger partial charge in [0.2, 0.25) is 0 Å². The largest absolute Gasteiger partial charge is 0.411 e. The van der Waals surface area contributed by atoms with Crippen LogP contribution >= 0.6 is 0 Å². The zero-order chi connectivity index (χ0) is 11.0. The van der Waals surface area contributed by atoms with Crippen molar-refractivity contribution in [2.24, 2.45) is 0 Å². The minimum Gasteiger partial charge on any atom is -0.411 e. The van der Waals surface area contributed by atoms with Gasteiger partial charge >= 0.3 is 0 Å². The quantitative estimate of drug-likeness (QED) is 0.431. The van der Waals surface area contributed by atoms with Crippen LogP contribution in [0.15, 0.2) is 12.7 Å². The molecule has 0 radical (unpaired) electrons. The maximum Gasteiger partial charge on any atom is 0.192 e. The fraction of sp³-hybridized carbons (Fsp3) is 0.833. The highest BCUT2D eigenvalue weighted by atomic mass is 28.4. The molecule has 14 heavy (non-hydrogen) atoms. The maximum atomic E-state index is 6.30. The van der Waals surface area contributed by atoms with Gasteiger partial charge in [-0.1, -0.05) is 40.2 Å². The second kappa shape index (κ2) is 7.24. The van der Waals surface area contributed by atoms with Crippen LogP contribution in [0.4, 0.5) is 0 Å². The van der Waals surface area contributed by atoms with Gasteiger partial charge in [0.15, 0.2) is 8.32 Å². The van der Waals surface area contributed by atoms with E-state index in [0.717, 1.165) is 6.42 Å². The zero-order valence-corrected chi connectivity index (χ0v) is 11.3. The van der Waals surface area contributed by atoms with Crippen molar-refractivity contribution in [1.29, 1.82) is 0 Å². The lowest BCUT2D eigenvalue weighted by Gasteiger charge is -2.32. The number of hydrogen-bond acceptors (Lipinski definition) is 1. The van der Waals surface area contributed by atoms with E-state index < -0.39 is 8.32 Å². The molecule has 0 aliphatic carbocycles. The van der Waals surface area contributed by atoms with Crippen LogP contribution in [0, 0.1) is 0 Å². The predicted molar refractivity (Wildman–Crippen MR) is 67.2 cm³/mol. The van der Waals surface area contributed by atoms with Crippen molar-refractivity contribution >= 4 is 8.32 Å². The first-order valence-corrected chi connectivity index (χ1v) is 8.51. The highest BCUT2D eigenvalue weighted by Crippen LogP contribution is 2.24. The van der Waals surface area contributed by atoms with Crippen LogP contribution in [0.2, 0.25) is 18.1 Å². The molecular weight excluding hydrogens is 188 g/mol. The Bertz CT molecular complexity index is 144. The summed E-state index contributed by atoms with van der Waals surface area (Å²) in [6.07, 6.45) is 4.58. The summed E-state index contributed by atoms with van der Waals surface area (Å²) >= 11 is 0. The number of hydrogen-bond donors (Lipinski definition) is 0. The van der Waals surface area contributed by atoms with E-state index in [4.69, 9.17) is 4.43 Å². The second-order valence-corrected chi connectivity index (χ2v) is 8.65. The van der Waals surface area contributed by atoms with E-state index >= 15 is 0 Å².